The Kier molecular flexibility index (Phi) is 29.2. The Labute approximate surface area is 402 Å². The minimum atomic E-state index is -1.38. The maximum absolute atomic E-state index is 11.0. The van der Waals surface area contributed by atoms with Crippen molar-refractivity contribution in [3.05, 3.63) is 0 Å². The third-order valence-corrected chi connectivity index (χ3v) is 12.0. The molecule has 4 saturated heterocycles. The number of alkyl halides is 6. The number of rotatable bonds is 15. The molecular weight excluding hydrogens is 928 g/mol. The number of hydrogen-bond acceptors (Lipinski definition) is 19. The summed E-state index contributed by atoms with van der Waals surface area (Å²) in [6, 6.07) is 0. The smallest absolute Gasteiger partial charge is 0.870 e. The number of carbonyl (C=O) groups is 1. The first-order valence-electron chi connectivity index (χ1n) is 16.9. The van der Waals surface area contributed by atoms with E-state index in [0.29, 0.717) is 0 Å². The SMILES string of the molecule is CC(=O)OCC1O[C@H](COC[C@]2(CCl)O[C@H](CCl)C(O)[C@H]2O)C(O)[C@H](O)[C@@H]1Cl.CO.OCC1O[C@H](COC[C@]2(CCl)O[C@H](CCl)C(O)[C@H]2O)C(O)[C@H](O)[C@@H]1Cl.[K+].[OH-]. The van der Waals surface area contributed by atoms with E-state index >= 15 is 0 Å². The van der Waals surface area contributed by atoms with Crippen LogP contribution in [0.3, 0.4) is 0 Å². The summed E-state index contributed by atoms with van der Waals surface area (Å²) in [6.07, 6.45) is -15.5. The van der Waals surface area contributed by atoms with Crippen LogP contribution in [0.15, 0.2) is 0 Å². The Morgan fingerprint density at radius 3 is 1.28 bits per heavy atom. The largest absolute Gasteiger partial charge is 1.00 e. The third kappa shape index (κ3) is 14.8. The molecule has 0 aromatic heterocycles. The fourth-order valence-electron chi connectivity index (χ4n) is 6.16. The van der Waals surface area contributed by atoms with E-state index in [1.165, 1.54) is 6.92 Å². The van der Waals surface area contributed by atoms with Gasteiger partial charge in [-0.1, -0.05) is 0 Å². The molecule has 0 aromatic rings. The van der Waals surface area contributed by atoms with Gasteiger partial charge in [0.1, 0.15) is 103 Å². The molecule has 0 amide bonds. The van der Waals surface area contributed by atoms with Gasteiger partial charge in [0, 0.05) is 14.0 Å². The van der Waals surface area contributed by atoms with E-state index < -0.39 is 120 Å². The molecule has 4 rings (SSSR count). The molecule has 11 N–H and O–H groups in total. The van der Waals surface area contributed by atoms with Gasteiger partial charge in [-0.3, -0.25) is 4.79 Å². The topological polar surface area (TPSA) is 314 Å². The summed E-state index contributed by atoms with van der Waals surface area (Å²) in [7, 11) is 1.00. The molecule has 0 aliphatic carbocycles. The molecular formula is C31H53Cl6KO19. The molecule has 0 bridgehead atoms. The molecule has 0 aromatic carbocycles. The van der Waals surface area contributed by atoms with Crippen LogP contribution < -0.4 is 51.4 Å². The van der Waals surface area contributed by atoms with Crippen LogP contribution >= 0.6 is 69.6 Å². The summed E-state index contributed by atoms with van der Waals surface area (Å²) in [5, 5.41) is 94.9. The van der Waals surface area contributed by atoms with E-state index in [9.17, 15) is 50.8 Å². The van der Waals surface area contributed by atoms with E-state index in [0.717, 1.165) is 7.11 Å². The number of aliphatic hydroxyl groups excluding tert-OH is 10. The second kappa shape index (κ2) is 28.2. The van der Waals surface area contributed by atoms with Crippen LogP contribution in [0.4, 0.5) is 0 Å². The zero-order valence-corrected chi connectivity index (χ0v) is 38.9. The van der Waals surface area contributed by atoms with Gasteiger partial charge in [-0.15, -0.1) is 69.6 Å². The zero-order chi connectivity index (χ0) is 41.8. The van der Waals surface area contributed by atoms with Gasteiger partial charge in [0.15, 0.2) is 0 Å². The Morgan fingerprint density at radius 1 is 0.596 bits per heavy atom. The average Bonchev–Trinajstić information content (AvgIpc) is 3.58. The van der Waals surface area contributed by atoms with E-state index in [1.807, 2.05) is 0 Å². The Morgan fingerprint density at radius 2 is 0.965 bits per heavy atom. The summed E-state index contributed by atoms with van der Waals surface area (Å²) in [5.41, 5.74) is -2.74. The predicted molar refractivity (Wildman–Crippen MR) is 198 cm³/mol. The van der Waals surface area contributed by atoms with Gasteiger partial charge in [0.05, 0.1) is 67.3 Å². The summed E-state index contributed by atoms with van der Waals surface area (Å²) in [4.78, 5) is 11.0. The quantitative estimate of drug-likeness (QED) is 0.0415. The van der Waals surface area contributed by atoms with E-state index in [1.54, 1.807) is 0 Å². The predicted octanol–water partition coefficient (Wildman–Crippen LogP) is -6.14. The Bertz CT molecular complexity index is 1130. The standard InChI is InChI=1S/C16H25Cl3O9.C14H23Cl3O8.CH4O.K.H2O/c1-7(20)26-4-9-11(19)14(23)12(21)10(27-9)3-25-6-16(5-18)15(24)13(22)8(2-17)28-16;15-1-6-11(20)13(22)14(4-16,25-6)5-23-3-8-10(19)12(21)9(17)7(2-18)24-8;1-2;;/h8-15,21-24H,2-6H2,1H3;6-13,18-22H,1-5H2;2H,1H3;;1H2/q;;;+1;/p-1/t8-,9?,10-,11-,12?,13?,14-,15-,16+;6-,7?,8-,9-,10?,11?,12-,13-,14+;;;/m11.../s1. The van der Waals surface area contributed by atoms with Crippen LogP contribution in [0, 0.1) is 0 Å². The molecule has 57 heavy (non-hydrogen) atoms. The minimum absolute atomic E-state index is 0. The van der Waals surface area contributed by atoms with Crippen molar-refractivity contribution in [2.24, 2.45) is 0 Å². The maximum Gasteiger partial charge on any atom is 1.00 e. The second-order valence-corrected chi connectivity index (χ2v) is 15.3. The molecule has 0 spiro atoms. The van der Waals surface area contributed by atoms with Crippen LogP contribution in [-0.4, -0.2) is 240 Å². The van der Waals surface area contributed by atoms with Crippen molar-refractivity contribution in [3.8, 4) is 0 Å². The molecule has 0 saturated carbocycles. The van der Waals surface area contributed by atoms with Crippen LogP contribution in [0.1, 0.15) is 6.92 Å². The first-order valence-corrected chi connectivity index (χ1v) is 20.0. The number of aliphatic hydroxyl groups is 10. The molecule has 6 unspecified atom stereocenters. The summed E-state index contributed by atoms with van der Waals surface area (Å²) in [5.74, 6) is -0.928. The van der Waals surface area contributed by atoms with E-state index in [-0.39, 0.29) is 113 Å². The zero-order valence-electron chi connectivity index (χ0n) is 31.3. The number of esters is 1. The molecule has 4 aliphatic rings. The maximum atomic E-state index is 11.0. The van der Waals surface area contributed by atoms with Gasteiger partial charge in [-0.25, -0.2) is 0 Å². The van der Waals surface area contributed by atoms with E-state index in [2.05, 4.69) is 0 Å². The van der Waals surface area contributed by atoms with Gasteiger partial charge < -0.3 is 89.7 Å². The van der Waals surface area contributed by atoms with Crippen LogP contribution in [0.2, 0.25) is 0 Å². The van der Waals surface area contributed by atoms with Crippen molar-refractivity contribution in [1.82, 2.24) is 0 Å². The average molecular weight is 982 g/mol. The Hall–Kier alpha value is 2.17. The van der Waals surface area contributed by atoms with Gasteiger partial charge in [0.25, 0.3) is 0 Å². The minimum Gasteiger partial charge on any atom is -0.870 e. The van der Waals surface area contributed by atoms with Crippen molar-refractivity contribution in [3.63, 3.8) is 0 Å². The number of hydrogen-bond donors (Lipinski definition) is 10. The van der Waals surface area contributed by atoms with Crippen LogP contribution in [-0.2, 0) is 38.0 Å². The van der Waals surface area contributed by atoms with Crippen molar-refractivity contribution in [2.75, 3.05) is 70.3 Å². The first-order chi connectivity index (χ1) is 26.0. The van der Waals surface area contributed by atoms with Gasteiger partial charge in [-0.2, -0.15) is 0 Å². The molecule has 334 valence electrons. The van der Waals surface area contributed by atoms with E-state index in [4.69, 9.17) is 108 Å². The Balaban J connectivity index is 0.00000103. The van der Waals surface area contributed by atoms with Crippen LogP contribution in [0.5, 0.6) is 0 Å². The third-order valence-electron chi connectivity index (χ3n) is 9.43. The molecule has 19 nitrogen and oxygen atoms in total. The first kappa shape index (κ1) is 59.2. The van der Waals surface area contributed by atoms with Crippen molar-refractivity contribution >= 4 is 75.6 Å². The molecule has 4 aliphatic heterocycles. The fourth-order valence-corrected chi connectivity index (χ4v) is 7.81. The summed E-state index contributed by atoms with van der Waals surface area (Å²) in [6.45, 7) is -0.183. The summed E-state index contributed by atoms with van der Waals surface area (Å²) >= 11 is 35.2. The molecule has 18 atom stereocenters. The monoisotopic (exact) mass is 978 g/mol. The molecule has 4 heterocycles. The second-order valence-electron chi connectivity index (χ2n) is 13.2. The van der Waals surface area contributed by atoms with Crippen molar-refractivity contribution < 1.29 is 146 Å². The van der Waals surface area contributed by atoms with Gasteiger partial charge >= 0.3 is 57.4 Å². The van der Waals surface area contributed by atoms with Crippen LogP contribution in [0.25, 0.3) is 0 Å². The molecule has 0 radical (unpaired) electrons. The van der Waals surface area contributed by atoms with Gasteiger partial charge in [0.2, 0.25) is 0 Å². The number of ether oxygens (including phenoxy) is 7. The molecule has 4 fully saturated rings. The van der Waals surface area contributed by atoms with Crippen molar-refractivity contribution in [1.29, 1.82) is 0 Å². The number of carbonyl (C=O) groups excluding carboxylic acids is 1. The van der Waals surface area contributed by atoms with Gasteiger partial charge in [-0.05, 0) is 0 Å². The summed E-state index contributed by atoms with van der Waals surface area (Å²) < 4.78 is 38.0. The normalized spacial score (nSPS) is 42.7. The fraction of sp³-hybridized carbons (Fsp3) is 0.968. The number of halogens is 6. The van der Waals surface area contributed by atoms with Crippen molar-refractivity contribution in [2.45, 2.75) is 114 Å². The molecule has 26 heteroatoms.